The zero-order valence-corrected chi connectivity index (χ0v) is 11.6. The maximum atomic E-state index is 4.08. The van der Waals surface area contributed by atoms with Gasteiger partial charge in [0.2, 0.25) is 0 Å². The Hall–Kier alpha value is -1.61. The van der Waals surface area contributed by atoms with Crippen LogP contribution >= 0.6 is 0 Å². The Kier molecular flexibility index (Phi) is 3.38. The summed E-state index contributed by atoms with van der Waals surface area (Å²) >= 11 is 0. The minimum Gasteiger partial charge on any atom is -0.306 e. The highest BCUT2D eigenvalue weighted by molar-refractivity contribution is 5.35. The lowest BCUT2D eigenvalue weighted by Gasteiger charge is -2.30. The summed E-state index contributed by atoms with van der Waals surface area (Å²) in [5.41, 5.74) is 5.40. The molecular weight excluding hydrogens is 234 g/mol. The van der Waals surface area contributed by atoms with E-state index in [1.165, 1.54) is 29.5 Å². The van der Waals surface area contributed by atoms with E-state index in [4.69, 9.17) is 0 Å². The predicted octanol–water partition coefficient (Wildman–Crippen LogP) is 3.45. The van der Waals surface area contributed by atoms with Gasteiger partial charge in [-0.25, -0.2) is 0 Å². The highest BCUT2D eigenvalue weighted by Crippen LogP contribution is 2.37. The van der Waals surface area contributed by atoms with E-state index < -0.39 is 0 Å². The summed E-state index contributed by atoms with van der Waals surface area (Å²) in [6.07, 6.45) is 4.40. The Labute approximate surface area is 114 Å². The third kappa shape index (κ3) is 2.43. The average Bonchev–Trinajstić information content (AvgIpc) is 2.84. The molecule has 2 aromatic rings. The number of aromatic amines is 1. The van der Waals surface area contributed by atoms with E-state index in [-0.39, 0.29) is 0 Å². The van der Waals surface area contributed by atoms with E-state index in [9.17, 15) is 0 Å². The van der Waals surface area contributed by atoms with Crippen LogP contribution < -0.4 is 5.32 Å². The first-order valence-electron chi connectivity index (χ1n) is 7.06. The summed E-state index contributed by atoms with van der Waals surface area (Å²) in [6.45, 7) is 5.28. The van der Waals surface area contributed by atoms with E-state index >= 15 is 0 Å². The van der Waals surface area contributed by atoms with E-state index in [1.54, 1.807) is 0 Å². The zero-order valence-electron chi connectivity index (χ0n) is 11.6. The highest BCUT2D eigenvalue weighted by atomic mass is 15.1. The molecule has 0 spiro atoms. The van der Waals surface area contributed by atoms with Gasteiger partial charge in [0.25, 0.3) is 0 Å². The summed E-state index contributed by atoms with van der Waals surface area (Å²) in [7, 11) is 0. The van der Waals surface area contributed by atoms with Gasteiger partial charge < -0.3 is 5.32 Å². The summed E-state index contributed by atoms with van der Waals surface area (Å²) in [6, 6.07) is 9.32. The Morgan fingerprint density at radius 2 is 2.05 bits per heavy atom. The van der Waals surface area contributed by atoms with Gasteiger partial charge in [0, 0.05) is 23.8 Å². The van der Waals surface area contributed by atoms with Crippen molar-refractivity contribution in [1.29, 1.82) is 0 Å². The van der Waals surface area contributed by atoms with Crippen LogP contribution in [0.2, 0.25) is 0 Å². The van der Waals surface area contributed by atoms with E-state index in [2.05, 4.69) is 53.6 Å². The lowest BCUT2D eigenvalue weighted by Crippen LogP contribution is -2.26. The Morgan fingerprint density at radius 3 is 2.79 bits per heavy atom. The Balaban J connectivity index is 1.76. The number of nitrogens with one attached hydrogen (secondary N) is 2. The van der Waals surface area contributed by atoms with Crippen LogP contribution in [0.25, 0.3) is 0 Å². The number of H-pyrrole nitrogens is 1. The molecular formula is C16H21N3. The third-order valence-corrected chi connectivity index (χ3v) is 4.26. The molecule has 0 amide bonds. The molecule has 2 atom stereocenters. The standard InChI is InChI=1S/C16H21N3/c1-11-7-8-16(15-6-4-3-5-14(11)15)17-9-13-10-18-19-12(13)2/h3-6,10-11,16-17H,7-9H2,1-2H3,(H,18,19). The topological polar surface area (TPSA) is 40.7 Å². The molecule has 0 aliphatic heterocycles. The van der Waals surface area contributed by atoms with Gasteiger partial charge in [0.05, 0.1) is 6.20 Å². The molecule has 19 heavy (non-hydrogen) atoms. The Bertz CT molecular complexity index is 559. The van der Waals surface area contributed by atoms with Gasteiger partial charge in [0.1, 0.15) is 0 Å². The monoisotopic (exact) mass is 255 g/mol. The maximum absolute atomic E-state index is 4.08. The average molecular weight is 255 g/mol. The van der Waals surface area contributed by atoms with Crippen molar-refractivity contribution in [1.82, 2.24) is 15.5 Å². The second kappa shape index (κ2) is 5.17. The van der Waals surface area contributed by atoms with Crippen molar-refractivity contribution in [3.05, 3.63) is 52.8 Å². The fourth-order valence-electron chi connectivity index (χ4n) is 3.00. The summed E-state index contributed by atoms with van der Waals surface area (Å²) in [5.74, 6) is 0.685. The normalized spacial score (nSPS) is 22.2. The van der Waals surface area contributed by atoms with Crippen LogP contribution in [-0.4, -0.2) is 10.2 Å². The number of rotatable bonds is 3. The summed E-state index contributed by atoms with van der Waals surface area (Å²) in [4.78, 5) is 0. The van der Waals surface area contributed by atoms with Crippen molar-refractivity contribution >= 4 is 0 Å². The van der Waals surface area contributed by atoms with E-state index in [0.29, 0.717) is 12.0 Å². The van der Waals surface area contributed by atoms with Crippen molar-refractivity contribution in [3.8, 4) is 0 Å². The summed E-state index contributed by atoms with van der Waals surface area (Å²) < 4.78 is 0. The quantitative estimate of drug-likeness (QED) is 0.882. The minimum absolute atomic E-state index is 0.474. The van der Waals surface area contributed by atoms with Crippen molar-refractivity contribution in [3.63, 3.8) is 0 Å². The van der Waals surface area contributed by atoms with Gasteiger partial charge in [-0.15, -0.1) is 0 Å². The molecule has 3 nitrogen and oxygen atoms in total. The van der Waals surface area contributed by atoms with Crippen molar-refractivity contribution in [2.75, 3.05) is 0 Å². The molecule has 2 N–H and O–H groups in total. The second-order valence-electron chi connectivity index (χ2n) is 5.56. The molecule has 3 rings (SSSR count). The van der Waals surface area contributed by atoms with Crippen molar-refractivity contribution in [2.24, 2.45) is 0 Å². The molecule has 100 valence electrons. The SMILES string of the molecule is Cc1[nH]ncc1CNC1CCC(C)c2ccccc21. The van der Waals surface area contributed by atoms with E-state index in [0.717, 1.165) is 12.2 Å². The highest BCUT2D eigenvalue weighted by Gasteiger charge is 2.23. The molecule has 1 aliphatic rings. The fourth-order valence-corrected chi connectivity index (χ4v) is 3.00. The lowest BCUT2D eigenvalue weighted by atomic mass is 9.81. The molecule has 1 aliphatic carbocycles. The number of aryl methyl sites for hydroxylation is 1. The van der Waals surface area contributed by atoms with Crippen LogP contribution in [0.15, 0.2) is 30.5 Å². The molecule has 0 bridgehead atoms. The number of fused-ring (bicyclic) bond motifs is 1. The van der Waals surface area contributed by atoms with Gasteiger partial charge in [-0.3, -0.25) is 5.10 Å². The number of hydrogen-bond acceptors (Lipinski definition) is 2. The Morgan fingerprint density at radius 1 is 1.26 bits per heavy atom. The van der Waals surface area contributed by atoms with Gasteiger partial charge in [-0.2, -0.15) is 5.10 Å². The molecule has 1 aromatic heterocycles. The molecule has 1 aromatic carbocycles. The lowest BCUT2D eigenvalue weighted by molar-refractivity contribution is 0.431. The van der Waals surface area contributed by atoms with Gasteiger partial charge in [0.15, 0.2) is 0 Å². The largest absolute Gasteiger partial charge is 0.306 e. The minimum atomic E-state index is 0.474. The molecule has 0 fully saturated rings. The van der Waals surface area contributed by atoms with Crippen LogP contribution in [0, 0.1) is 6.92 Å². The van der Waals surface area contributed by atoms with Crippen LogP contribution in [0.5, 0.6) is 0 Å². The molecule has 2 unspecified atom stereocenters. The smallest absolute Gasteiger partial charge is 0.0535 e. The molecule has 0 radical (unpaired) electrons. The van der Waals surface area contributed by atoms with Crippen molar-refractivity contribution in [2.45, 2.75) is 45.2 Å². The van der Waals surface area contributed by atoms with Crippen LogP contribution in [0.4, 0.5) is 0 Å². The predicted molar refractivity (Wildman–Crippen MR) is 77.0 cm³/mol. The zero-order chi connectivity index (χ0) is 13.2. The van der Waals surface area contributed by atoms with Crippen LogP contribution in [-0.2, 0) is 6.54 Å². The van der Waals surface area contributed by atoms with E-state index in [1.807, 2.05) is 6.20 Å². The number of benzene rings is 1. The molecule has 0 saturated heterocycles. The van der Waals surface area contributed by atoms with Gasteiger partial charge >= 0.3 is 0 Å². The first-order valence-corrected chi connectivity index (χ1v) is 7.06. The van der Waals surface area contributed by atoms with Crippen LogP contribution in [0.1, 0.15) is 54.1 Å². The van der Waals surface area contributed by atoms with Crippen LogP contribution in [0.3, 0.4) is 0 Å². The first kappa shape index (κ1) is 12.4. The van der Waals surface area contributed by atoms with Gasteiger partial charge in [-0.1, -0.05) is 31.2 Å². The van der Waals surface area contributed by atoms with Gasteiger partial charge in [-0.05, 0) is 36.8 Å². The first-order chi connectivity index (χ1) is 9.25. The number of hydrogen-bond donors (Lipinski definition) is 2. The second-order valence-corrected chi connectivity index (χ2v) is 5.56. The molecule has 3 heteroatoms. The maximum Gasteiger partial charge on any atom is 0.0535 e. The number of aromatic nitrogens is 2. The molecule has 1 heterocycles. The number of nitrogens with zero attached hydrogens (tertiary/aromatic N) is 1. The third-order valence-electron chi connectivity index (χ3n) is 4.26. The molecule has 0 saturated carbocycles. The fraction of sp³-hybridized carbons (Fsp3) is 0.438. The van der Waals surface area contributed by atoms with Crippen molar-refractivity contribution < 1.29 is 0 Å². The summed E-state index contributed by atoms with van der Waals surface area (Å²) in [5, 5.41) is 10.8.